The molecule has 1 saturated carbocycles. The van der Waals surface area contributed by atoms with E-state index in [0.717, 1.165) is 13.1 Å². The maximum absolute atomic E-state index is 4.73. The SMILES string of the molecule is Cc1nc(C2(C3=NCCN3C)CC2)c(C)s1. The highest BCUT2D eigenvalue weighted by atomic mass is 32.1. The fourth-order valence-electron chi connectivity index (χ4n) is 2.71. The van der Waals surface area contributed by atoms with Gasteiger partial charge in [-0.3, -0.25) is 4.99 Å². The fraction of sp³-hybridized carbons (Fsp3) is 0.667. The molecule has 1 fully saturated rings. The summed E-state index contributed by atoms with van der Waals surface area (Å²) in [6.07, 6.45) is 2.44. The Hall–Kier alpha value is -0.900. The van der Waals surface area contributed by atoms with Gasteiger partial charge in [0.15, 0.2) is 0 Å². The summed E-state index contributed by atoms with van der Waals surface area (Å²) in [6, 6.07) is 0. The van der Waals surface area contributed by atoms with Gasteiger partial charge in [-0.1, -0.05) is 0 Å². The van der Waals surface area contributed by atoms with E-state index in [-0.39, 0.29) is 5.41 Å². The van der Waals surface area contributed by atoms with Crippen LogP contribution in [0.4, 0.5) is 0 Å². The molecule has 1 aromatic heterocycles. The third kappa shape index (κ3) is 1.32. The molecular weight excluding hydrogens is 218 g/mol. The Morgan fingerprint density at radius 2 is 2.06 bits per heavy atom. The summed E-state index contributed by atoms with van der Waals surface area (Å²) in [4.78, 5) is 13.1. The first-order valence-electron chi connectivity index (χ1n) is 5.84. The average molecular weight is 235 g/mol. The van der Waals surface area contributed by atoms with E-state index in [1.165, 1.54) is 34.3 Å². The molecule has 4 heteroatoms. The molecule has 2 heterocycles. The van der Waals surface area contributed by atoms with Gasteiger partial charge >= 0.3 is 0 Å². The molecule has 3 nitrogen and oxygen atoms in total. The number of hydrogen-bond donors (Lipinski definition) is 0. The summed E-state index contributed by atoms with van der Waals surface area (Å²) in [7, 11) is 2.15. The normalized spacial score (nSPS) is 22.4. The lowest BCUT2D eigenvalue weighted by atomic mass is 9.99. The second-order valence-electron chi connectivity index (χ2n) is 4.85. The molecule has 0 amide bonds. The highest BCUT2D eigenvalue weighted by Gasteiger charge is 2.53. The number of aliphatic imine (C=N–C) groups is 1. The summed E-state index contributed by atoms with van der Waals surface area (Å²) >= 11 is 1.81. The average Bonchev–Trinajstić information content (AvgIpc) is 2.79. The number of rotatable bonds is 2. The highest BCUT2D eigenvalue weighted by Crippen LogP contribution is 2.51. The van der Waals surface area contributed by atoms with Crippen molar-refractivity contribution in [3.05, 3.63) is 15.6 Å². The zero-order valence-corrected chi connectivity index (χ0v) is 10.9. The van der Waals surface area contributed by atoms with Gasteiger partial charge in [-0.05, 0) is 26.7 Å². The summed E-state index contributed by atoms with van der Waals surface area (Å²) in [5.41, 5.74) is 1.47. The predicted octanol–water partition coefficient (Wildman–Crippen LogP) is 2.14. The van der Waals surface area contributed by atoms with Crippen molar-refractivity contribution >= 4 is 17.2 Å². The van der Waals surface area contributed by atoms with Crippen molar-refractivity contribution < 1.29 is 0 Å². The molecular formula is C12H17N3S. The Morgan fingerprint density at radius 3 is 2.50 bits per heavy atom. The van der Waals surface area contributed by atoms with Gasteiger partial charge < -0.3 is 4.90 Å². The number of likely N-dealkylation sites (N-methyl/N-ethyl adjacent to an activating group) is 1. The number of nitrogens with zero attached hydrogens (tertiary/aromatic N) is 3. The first kappa shape index (κ1) is 10.3. The van der Waals surface area contributed by atoms with Gasteiger partial charge in [0.05, 0.1) is 22.7 Å². The summed E-state index contributed by atoms with van der Waals surface area (Å²) in [6.45, 7) is 6.31. The van der Waals surface area contributed by atoms with Crippen LogP contribution in [0.1, 0.15) is 28.4 Å². The minimum atomic E-state index is 0.181. The van der Waals surface area contributed by atoms with Crippen molar-refractivity contribution in [1.82, 2.24) is 9.88 Å². The Labute approximate surface area is 100 Å². The standard InChI is InChI=1S/C12H17N3S/c1-8-10(14-9(2)16-8)12(4-5-12)11-13-6-7-15(11)3/h4-7H2,1-3H3. The molecule has 3 rings (SSSR count). The zero-order chi connectivity index (χ0) is 11.3. The van der Waals surface area contributed by atoms with Crippen LogP contribution in [0.15, 0.2) is 4.99 Å². The van der Waals surface area contributed by atoms with Crippen molar-refractivity contribution in [3.8, 4) is 0 Å². The van der Waals surface area contributed by atoms with E-state index in [9.17, 15) is 0 Å². The Morgan fingerprint density at radius 1 is 1.31 bits per heavy atom. The maximum Gasteiger partial charge on any atom is 0.111 e. The quantitative estimate of drug-likeness (QED) is 0.785. The van der Waals surface area contributed by atoms with Crippen LogP contribution in [-0.4, -0.2) is 35.9 Å². The van der Waals surface area contributed by atoms with Crippen LogP contribution in [0.5, 0.6) is 0 Å². The van der Waals surface area contributed by atoms with E-state index in [0.29, 0.717) is 0 Å². The molecule has 2 aliphatic rings. The van der Waals surface area contributed by atoms with Crippen molar-refractivity contribution in [3.63, 3.8) is 0 Å². The van der Waals surface area contributed by atoms with E-state index in [4.69, 9.17) is 4.98 Å². The zero-order valence-electron chi connectivity index (χ0n) is 10.1. The van der Waals surface area contributed by atoms with Gasteiger partial charge in [-0.2, -0.15) is 0 Å². The Kier molecular flexibility index (Phi) is 2.11. The van der Waals surface area contributed by atoms with Crippen molar-refractivity contribution in [2.45, 2.75) is 32.1 Å². The lowest BCUT2D eigenvalue weighted by Gasteiger charge is -2.21. The smallest absolute Gasteiger partial charge is 0.111 e. The number of thiazole rings is 1. The third-order valence-electron chi connectivity index (χ3n) is 3.59. The first-order chi connectivity index (χ1) is 7.63. The number of amidine groups is 1. The lowest BCUT2D eigenvalue weighted by molar-refractivity contribution is 0.530. The van der Waals surface area contributed by atoms with Crippen molar-refractivity contribution in [2.75, 3.05) is 20.1 Å². The van der Waals surface area contributed by atoms with E-state index >= 15 is 0 Å². The van der Waals surface area contributed by atoms with Crippen LogP contribution in [0.3, 0.4) is 0 Å². The van der Waals surface area contributed by atoms with Crippen molar-refractivity contribution in [1.29, 1.82) is 0 Å². The van der Waals surface area contributed by atoms with Crippen LogP contribution < -0.4 is 0 Å². The molecule has 0 saturated heterocycles. The van der Waals surface area contributed by atoms with E-state index in [2.05, 4.69) is 30.8 Å². The summed E-state index contributed by atoms with van der Waals surface area (Å²) in [5.74, 6) is 1.28. The second-order valence-corrected chi connectivity index (χ2v) is 6.25. The molecule has 0 atom stereocenters. The van der Waals surface area contributed by atoms with Crippen LogP contribution in [0.2, 0.25) is 0 Å². The molecule has 86 valence electrons. The molecule has 1 aliphatic heterocycles. The Balaban J connectivity index is 2.03. The molecule has 1 aliphatic carbocycles. The van der Waals surface area contributed by atoms with E-state index in [1.807, 2.05) is 11.3 Å². The van der Waals surface area contributed by atoms with Gasteiger partial charge in [-0.15, -0.1) is 11.3 Å². The van der Waals surface area contributed by atoms with Crippen LogP contribution >= 0.6 is 11.3 Å². The third-order valence-corrected chi connectivity index (χ3v) is 4.48. The molecule has 1 aromatic rings. The number of hydrogen-bond acceptors (Lipinski definition) is 4. The minimum absolute atomic E-state index is 0.181. The molecule has 0 unspecified atom stereocenters. The van der Waals surface area contributed by atoms with Gasteiger partial charge in [-0.25, -0.2) is 4.98 Å². The molecule has 0 radical (unpaired) electrons. The van der Waals surface area contributed by atoms with Crippen molar-refractivity contribution in [2.24, 2.45) is 4.99 Å². The molecule has 16 heavy (non-hydrogen) atoms. The van der Waals surface area contributed by atoms with E-state index in [1.54, 1.807) is 0 Å². The fourth-order valence-corrected chi connectivity index (χ4v) is 3.63. The lowest BCUT2D eigenvalue weighted by Crippen LogP contribution is -2.34. The van der Waals surface area contributed by atoms with Crippen LogP contribution in [0, 0.1) is 13.8 Å². The molecule has 0 spiro atoms. The number of aryl methyl sites for hydroxylation is 2. The largest absolute Gasteiger partial charge is 0.361 e. The number of aromatic nitrogens is 1. The maximum atomic E-state index is 4.73. The minimum Gasteiger partial charge on any atom is -0.361 e. The summed E-state index contributed by atoms with van der Waals surface area (Å²) < 4.78 is 0. The Bertz CT molecular complexity index is 457. The molecule has 0 aromatic carbocycles. The molecule has 0 bridgehead atoms. The monoisotopic (exact) mass is 235 g/mol. The van der Waals surface area contributed by atoms with E-state index < -0.39 is 0 Å². The van der Waals surface area contributed by atoms with Gasteiger partial charge in [0.1, 0.15) is 5.84 Å². The van der Waals surface area contributed by atoms with Gasteiger partial charge in [0.25, 0.3) is 0 Å². The summed E-state index contributed by atoms with van der Waals surface area (Å²) in [5, 5.41) is 1.18. The van der Waals surface area contributed by atoms with Gasteiger partial charge in [0.2, 0.25) is 0 Å². The van der Waals surface area contributed by atoms with Crippen LogP contribution in [0.25, 0.3) is 0 Å². The first-order valence-corrected chi connectivity index (χ1v) is 6.66. The highest BCUT2D eigenvalue weighted by molar-refractivity contribution is 7.11. The van der Waals surface area contributed by atoms with Crippen LogP contribution in [-0.2, 0) is 5.41 Å². The topological polar surface area (TPSA) is 28.5 Å². The van der Waals surface area contributed by atoms with Gasteiger partial charge in [0, 0.05) is 18.5 Å². The second kappa shape index (κ2) is 3.29. The predicted molar refractivity (Wildman–Crippen MR) is 67.4 cm³/mol. The molecule has 0 N–H and O–H groups in total.